The van der Waals surface area contributed by atoms with E-state index in [1.165, 1.54) is 12.1 Å². The molecule has 0 aliphatic carbocycles. The Kier molecular flexibility index (Phi) is 4.66. The first-order valence-electron chi connectivity index (χ1n) is 4.68. The summed E-state index contributed by atoms with van der Waals surface area (Å²) in [5.74, 6) is -3.28. The molecule has 0 aliphatic heterocycles. The molecule has 0 aliphatic rings. The number of nitrogens with zero attached hydrogens (tertiary/aromatic N) is 1. The number of para-hydroxylation sites is 1. The Balaban J connectivity index is 3.09. The van der Waals surface area contributed by atoms with Crippen LogP contribution in [0.5, 0.6) is 0 Å². The Morgan fingerprint density at radius 3 is 2.29 bits per heavy atom. The van der Waals surface area contributed by atoms with Crippen molar-refractivity contribution in [3.05, 3.63) is 30.3 Å². The van der Waals surface area contributed by atoms with E-state index < -0.39 is 23.7 Å². The number of anilines is 1. The average Bonchev–Trinajstić information content (AvgIpc) is 2.38. The van der Waals surface area contributed by atoms with Gasteiger partial charge in [-0.25, -0.2) is 9.69 Å². The fourth-order valence-electron chi connectivity index (χ4n) is 1.19. The van der Waals surface area contributed by atoms with Crippen LogP contribution in [0.3, 0.4) is 0 Å². The van der Waals surface area contributed by atoms with E-state index in [2.05, 4.69) is 4.74 Å². The highest BCUT2D eigenvalue weighted by Crippen LogP contribution is 2.14. The molecule has 0 saturated carbocycles. The van der Waals surface area contributed by atoms with Gasteiger partial charge in [-0.1, -0.05) is 18.2 Å². The summed E-state index contributed by atoms with van der Waals surface area (Å²) in [6.07, 6.45) is 0. The van der Waals surface area contributed by atoms with Crippen LogP contribution in [0.4, 0.5) is 5.69 Å². The molecule has 0 spiro atoms. The van der Waals surface area contributed by atoms with E-state index in [0.29, 0.717) is 4.90 Å². The summed E-state index contributed by atoms with van der Waals surface area (Å²) in [7, 11) is 1.06. The summed E-state index contributed by atoms with van der Waals surface area (Å²) in [5.41, 5.74) is 0.272. The third-order valence-electron chi connectivity index (χ3n) is 1.94. The minimum absolute atomic E-state index is 0.272. The molecule has 5 nitrogen and oxygen atoms in total. The van der Waals surface area contributed by atoms with Crippen molar-refractivity contribution < 1.29 is 19.1 Å². The third kappa shape index (κ3) is 3.04. The van der Waals surface area contributed by atoms with Crippen LogP contribution in [0.2, 0.25) is 0 Å². The Hall–Kier alpha value is -1.88. The molecule has 17 heavy (non-hydrogen) atoms. The molecule has 0 heterocycles. The van der Waals surface area contributed by atoms with E-state index in [1.54, 1.807) is 18.2 Å². The molecule has 0 unspecified atom stereocenters. The van der Waals surface area contributed by atoms with Gasteiger partial charge in [-0.2, -0.15) is 0 Å². The lowest BCUT2D eigenvalue weighted by Crippen LogP contribution is -2.42. The van der Waals surface area contributed by atoms with Gasteiger partial charge in [0.25, 0.3) is 0 Å². The first kappa shape index (κ1) is 13.2. The maximum Gasteiger partial charge on any atom is 0.397 e. The van der Waals surface area contributed by atoms with Crippen LogP contribution in [0.1, 0.15) is 0 Å². The zero-order valence-electron chi connectivity index (χ0n) is 9.05. The molecule has 6 heteroatoms. The monoisotopic (exact) mass is 255 g/mol. The van der Waals surface area contributed by atoms with Crippen molar-refractivity contribution in [3.63, 3.8) is 0 Å². The third-order valence-corrected chi connectivity index (χ3v) is 2.17. The van der Waals surface area contributed by atoms with E-state index in [-0.39, 0.29) is 5.69 Å². The zero-order valence-corrected chi connectivity index (χ0v) is 9.81. The molecule has 0 aromatic heterocycles. The molecular formula is C11H10ClNO4. The summed E-state index contributed by atoms with van der Waals surface area (Å²) in [6, 6.07) is 8.02. The minimum Gasteiger partial charge on any atom is -0.462 e. The Morgan fingerprint density at radius 2 is 1.82 bits per heavy atom. The Morgan fingerprint density at radius 1 is 1.24 bits per heavy atom. The first-order chi connectivity index (χ1) is 8.11. The van der Waals surface area contributed by atoms with Crippen LogP contribution in [0.15, 0.2) is 30.3 Å². The number of halogens is 1. The van der Waals surface area contributed by atoms with Gasteiger partial charge in [0.2, 0.25) is 5.91 Å². The summed E-state index contributed by atoms with van der Waals surface area (Å²) in [6.45, 7) is 0. The zero-order chi connectivity index (χ0) is 12.8. The standard InChI is InChI=1S/C11H10ClNO4/c1-17-11(16)10(15)13(9(14)7-12)8-5-3-2-4-6-8/h2-6H,7H2,1H3. The molecule has 1 aromatic carbocycles. The molecule has 1 aromatic rings. The van der Waals surface area contributed by atoms with E-state index in [1.807, 2.05) is 0 Å². The van der Waals surface area contributed by atoms with Gasteiger partial charge in [0.15, 0.2) is 0 Å². The number of amides is 2. The van der Waals surface area contributed by atoms with Crippen molar-refractivity contribution in [2.24, 2.45) is 0 Å². The van der Waals surface area contributed by atoms with Gasteiger partial charge in [0.1, 0.15) is 5.88 Å². The van der Waals surface area contributed by atoms with Crippen LogP contribution < -0.4 is 4.90 Å². The number of esters is 1. The van der Waals surface area contributed by atoms with Gasteiger partial charge in [-0.05, 0) is 12.1 Å². The van der Waals surface area contributed by atoms with Crippen LogP contribution >= 0.6 is 11.6 Å². The van der Waals surface area contributed by atoms with Gasteiger partial charge in [0.05, 0.1) is 12.8 Å². The summed E-state index contributed by atoms with van der Waals surface area (Å²) in [5, 5.41) is 0. The topological polar surface area (TPSA) is 63.7 Å². The van der Waals surface area contributed by atoms with Crippen LogP contribution in [0, 0.1) is 0 Å². The van der Waals surface area contributed by atoms with Gasteiger partial charge in [0, 0.05) is 0 Å². The van der Waals surface area contributed by atoms with E-state index >= 15 is 0 Å². The minimum atomic E-state index is -1.12. The molecule has 90 valence electrons. The van der Waals surface area contributed by atoms with Crippen LogP contribution in [-0.2, 0) is 19.1 Å². The number of rotatable bonds is 2. The van der Waals surface area contributed by atoms with Crippen molar-refractivity contribution in [3.8, 4) is 0 Å². The number of alkyl halides is 1. The molecule has 0 atom stereocenters. The lowest BCUT2D eigenvalue weighted by atomic mass is 10.3. The van der Waals surface area contributed by atoms with Gasteiger partial charge >= 0.3 is 11.9 Å². The number of benzene rings is 1. The number of hydrogen-bond acceptors (Lipinski definition) is 4. The molecule has 0 bridgehead atoms. The van der Waals surface area contributed by atoms with Crippen LogP contribution in [-0.4, -0.2) is 30.8 Å². The van der Waals surface area contributed by atoms with Crippen molar-refractivity contribution in [1.82, 2.24) is 0 Å². The van der Waals surface area contributed by atoms with Crippen LogP contribution in [0.25, 0.3) is 0 Å². The molecule has 2 amide bonds. The highest BCUT2D eigenvalue weighted by molar-refractivity contribution is 6.46. The SMILES string of the molecule is COC(=O)C(=O)N(C(=O)CCl)c1ccccc1. The Bertz CT molecular complexity index is 432. The van der Waals surface area contributed by atoms with Gasteiger partial charge < -0.3 is 4.74 Å². The molecule has 0 radical (unpaired) electrons. The largest absolute Gasteiger partial charge is 0.462 e. The predicted octanol–water partition coefficient (Wildman–Crippen LogP) is 0.958. The number of carbonyl (C=O) groups is 3. The maximum atomic E-state index is 11.6. The molecular weight excluding hydrogens is 246 g/mol. The second-order valence-corrected chi connectivity index (χ2v) is 3.26. The smallest absolute Gasteiger partial charge is 0.397 e. The van der Waals surface area contributed by atoms with E-state index in [0.717, 1.165) is 7.11 Å². The quantitative estimate of drug-likeness (QED) is 0.449. The van der Waals surface area contributed by atoms with Crippen molar-refractivity contribution in [1.29, 1.82) is 0 Å². The lowest BCUT2D eigenvalue weighted by molar-refractivity contribution is -0.152. The van der Waals surface area contributed by atoms with Crippen molar-refractivity contribution in [2.45, 2.75) is 0 Å². The normalized spacial score (nSPS) is 9.53. The fourth-order valence-corrected chi connectivity index (χ4v) is 1.31. The molecule has 0 fully saturated rings. The fraction of sp³-hybridized carbons (Fsp3) is 0.182. The average molecular weight is 256 g/mol. The number of ether oxygens (including phenoxy) is 1. The molecule has 0 saturated heterocycles. The number of hydrogen-bond donors (Lipinski definition) is 0. The van der Waals surface area contributed by atoms with Crippen molar-refractivity contribution >= 4 is 35.1 Å². The summed E-state index contributed by atoms with van der Waals surface area (Å²) in [4.78, 5) is 35.0. The number of carbonyl (C=O) groups excluding carboxylic acids is 3. The second-order valence-electron chi connectivity index (χ2n) is 3.00. The lowest BCUT2D eigenvalue weighted by Gasteiger charge is -2.18. The molecule has 0 N–H and O–H groups in total. The predicted molar refractivity (Wildman–Crippen MR) is 61.7 cm³/mol. The molecule has 1 rings (SSSR count). The second kappa shape index (κ2) is 6.00. The number of imide groups is 1. The summed E-state index contributed by atoms with van der Waals surface area (Å²) >= 11 is 5.39. The van der Waals surface area contributed by atoms with E-state index in [9.17, 15) is 14.4 Å². The van der Waals surface area contributed by atoms with Gasteiger partial charge in [-0.3, -0.25) is 9.59 Å². The number of methoxy groups -OCH3 is 1. The first-order valence-corrected chi connectivity index (χ1v) is 5.21. The van der Waals surface area contributed by atoms with E-state index in [4.69, 9.17) is 11.6 Å². The maximum absolute atomic E-state index is 11.6. The highest BCUT2D eigenvalue weighted by Gasteiger charge is 2.28. The van der Waals surface area contributed by atoms with Gasteiger partial charge in [-0.15, -0.1) is 11.6 Å². The Labute approximate surface area is 103 Å². The highest BCUT2D eigenvalue weighted by atomic mass is 35.5. The summed E-state index contributed by atoms with van der Waals surface area (Å²) < 4.78 is 4.28. The van der Waals surface area contributed by atoms with Crippen molar-refractivity contribution in [2.75, 3.05) is 17.9 Å².